The number of aromatic nitrogens is 2. The third-order valence-electron chi connectivity index (χ3n) is 2.88. The first-order valence-electron chi connectivity index (χ1n) is 5.89. The molecule has 1 aromatic heterocycles. The summed E-state index contributed by atoms with van der Waals surface area (Å²) < 4.78 is 1.49. The number of aliphatic hydroxyl groups is 1. The molecule has 2 aromatic rings. The molecule has 0 saturated heterocycles. The van der Waals surface area contributed by atoms with E-state index in [1.54, 1.807) is 0 Å². The summed E-state index contributed by atoms with van der Waals surface area (Å²) in [4.78, 5) is 10.9. The van der Waals surface area contributed by atoms with Crippen LogP contribution in [0.25, 0.3) is 0 Å². The van der Waals surface area contributed by atoms with Crippen molar-refractivity contribution >= 4 is 5.91 Å². The fraction of sp³-hybridized carbons (Fsp3) is 0.231. The van der Waals surface area contributed by atoms with Gasteiger partial charge in [-0.1, -0.05) is 24.3 Å². The van der Waals surface area contributed by atoms with Crippen molar-refractivity contribution < 1.29 is 9.90 Å². The van der Waals surface area contributed by atoms with Crippen molar-refractivity contribution in [2.24, 2.45) is 11.5 Å². The van der Waals surface area contributed by atoms with Crippen molar-refractivity contribution in [1.29, 1.82) is 0 Å². The van der Waals surface area contributed by atoms with E-state index >= 15 is 0 Å². The van der Waals surface area contributed by atoms with E-state index < -0.39 is 12.0 Å². The number of amides is 1. The van der Waals surface area contributed by atoms with Crippen LogP contribution in [-0.2, 0) is 13.1 Å². The molecule has 0 bridgehead atoms. The zero-order valence-electron chi connectivity index (χ0n) is 10.4. The molecule has 1 aromatic carbocycles. The summed E-state index contributed by atoms with van der Waals surface area (Å²) in [5, 5.41) is 14.0. The van der Waals surface area contributed by atoms with E-state index in [4.69, 9.17) is 11.5 Å². The molecular weight excluding hydrogens is 244 g/mol. The summed E-state index contributed by atoms with van der Waals surface area (Å²) in [5.74, 6) is -0.534. The SMILES string of the molecule is NCc1ccc(C(O)Cn2cc(C(N)=O)cn2)cc1. The number of carbonyl (C=O) groups is 1. The summed E-state index contributed by atoms with van der Waals surface area (Å²) >= 11 is 0. The largest absolute Gasteiger partial charge is 0.386 e. The molecule has 1 amide bonds. The minimum absolute atomic E-state index is 0.259. The minimum atomic E-state index is -0.701. The van der Waals surface area contributed by atoms with Gasteiger partial charge < -0.3 is 16.6 Å². The normalized spacial score (nSPS) is 12.3. The number of primary amides is 1. The number of hydrogen-bond acceptors (Lipinski definition) is 4. The van der Waals surface area contributed by atoms with Gasteiger partial charge in [0.1, 0.15) is 0 Å². The second kappa shape index (κ2) is 5.64. The monoisotopic (exact) mass is 260 g/mol. The summed E-state index contributed by atoms with van der Waals surface area (Å²) in [5.41, 5.74) is 12.7. The third-order valence-corrected chi connectivity index (χ3v) is 2.88. The summed E-state index contributed by atoms with van der Waals surface area (Å²) in [7, 11) is 0. The molecule has 1 heterocycles. The van der Waals surface area contributed by atoms with Gasteiger partial charge in [-0.3, -0.25) is 9.48 Å². The van der Waals surface area contributed by atoms with Gasteiger partial charge >= 0.3 is 0 Å². The highest BCUT2D eigenvalue weighted by molar-refractivity contribution is 5.92. The summed E-state index contributed by atoms with van der Waals surface area (Å²) in [6.45, 7) is 0.729. The molecule has 6 nitrogen and oxygen atoms in total. The first kappa shape index (κ1) is 13.3. The van der Waals surface area contributed by atoms with Crippen LogP contribution in [0.5, 0.6) is 0 Å². The molecule has 19 heavy (non-hydrogen) atoms. The fourth-order valence-corrected chi connectivity index (χ4v) is 1.75. The maximum atomic E-state index is 10.9. The van der Waals surface area contributed by atoms with E-state index in [0.717, 1.165) is 11.1 Å². The van der Waals surface area contributed by atoms with Crippen molar-refractivity contribution in [3.63, 3.8) is 0 Å². The van der Waals surface area contributed by atoms with Gasteiger partial charge in [-0.15, -0.1) is 0 Å². The molecule has 0 saturated carbocycles. The van der Waals surface area contributed by atoms with Gasteiger partial charge in [-0.2, -0.15) is 5.10 Å². The molecule has 0 fully saturated rings. The Kier molecular flexibility index (Phi) is 3.94. The predicted octanol–water partition coefficient (Wildman–Crippen LogP) is 0.174. The average Bonchev–Trinajstić information content (AvgIpc) is 2.87. The lowest BCUT2D eigenvalue weighted by atomic mass is 10.1. The van der Waals surface area contributed by atoms with Crippen LogP contribution >= 0.6 is 0 Å². The molecule has 0 aliphatic rings. The zero-order chi connectivity index (χ0) is 13.8. The molecule has 5 N–H and O–H groups in total. The maximum absolute atomic E-state index is 10.9. The number of rotatable bonds is 5. The molecule has 100 valence electrons. The average molecular weight is 260 g/mol. The van der Waals surface area contributed by atoms with Gasteiger partial charge in [0.05, 0.1) is 24.4 Å². The number of nitrogens with two attached hydrogens (primary N) is 2. The van der Waals surface area contributed by atoms with Crippen molar-refractivity contribution in [2.45, 2.75) is 19.2 Å². The van der Waals surface area contributed by atoms with Crippen molar-refractivity contribution in [1.82, 2.24) is 9.78 Å². The predicted molar refractivity (Wildman–Crippen MR) is 70.0 cm³/mol. The van der Waals surface area contributed by atoms with Gasteiger partial charge in [0.15, 0.2) is 0 Å². The molecule has 1 unspecified atom stereocenters. The van der Waals surface area contributed by atoms with Crippen LogP contribution < -0.4 is 11.5 Å². The number of carbonyl (C=O) groups excluding carboxylic acids is 1. The first-order valence-corrected chi connectivity index (χ1v) is 5.89. The van der Waals surface area contributed by atoms with E-state index in [-0.39, 0.29) is 6.54 Å². The number of benzene rings is 1. The Morgan fingerprint density at radius 1 is 1.37 bits per heavy atom. The molecule has 0 spiro atoms. The van der Waals surface area contributed by atoms with Crippen molar-refractivity contribution in [2.75, 3.05) is 0 Å². The molecule has 0 aliphatic carbocycles. The number of hydrogen-bond donors (Lipinski definition) is 3. The van der Waals surface area contributed by atoms with Crippen LogP contribution in [0, 0.1) is 0 Å². The van der Waals surface area contributed by atoms with Gasteiger partial charge in [0.2, 0.25) is 0 Å². The standard InChI is InChI=1S/C13H16N4O2/c14-5-9-1-3-10(4-2-9)12(18)8-17-7-11(6-16-17)13(15)19/h1-4,6-7,12,18H,5,8,14H2,(H2,15,19). The van der Waals surface area contributed by atoms with E-state index in [2.05, 4.69) is 5.10 Å². The maximum Gasteiger partial charge on any atom is 0.251 e. The van der Waals surface area contributed by atoms with Crippen LogP contribution in [0.3, 0.4) is 0 Å². The second-order valence-corrected chi connectivity index (χ2v) is 4.28. The summed E-state index contributed by atoms with van der Waals surface area (Å²) in [6.07, 6.45) is 2.19. The highest BCUT2D eigenvalue weighted by Gasteiger charge is 2.10. The van der Waals surface area contributed by atoms with E-state index in [1.807, 2.05) is 24.3 Å². The van der Waals surface area contributed by atoms with Crippen LogP contribution in [-0.4, -0.2) is 20.8 Å². The van der Waals surface area contributed by atoms with E-state index in [9.17, 15) is 9.90 Å². The van der Waals surface area contributed by atoms with Gasteiger partial charge in [0, 0.05) is 12.7 Å². The van der Waals surface area contributed by atoms with Crippen LogP contribution in [0.1, 0.15) is 27.6 Å². The molecule has 1 atom stereocenters. The first-order chi connectivity index (χ1) is 9.10. The Balaban J connectivity index is 2.06. The van der Waals surface area contributed by atoms with E-state index in [0.29, 0.717) is 12.1 Å². The molecule has 2 rings (SSSR count). The Morgan fingerprint density at radius 3 is 2.58 bits per heavy atom. The van der Waals surface area contributed by atoms with E-state index in [1.165, 1.54) is 17.1 Å². The Labute approximate surface area is 110 Å². The summed E-state index contributed by atoms with van der Waals surface area (Å²) in [6, 6.07) is 7.39. The molecular formula is C13H16N4O2. The highest BCUT2D eigenvalue weighted by atomic mass is 16.3. The number of aliphatic hydroxyl groups excluding tert-OH is 1. The topological polar surface area (TPSA) is 107 Å². The van der Waals surface area contributed by atoms with Crippen LogP contribution in [0.2, 0.25) is 0 Å². The Morgan fingerprint density at radius 2 is 2.05 bits per heavy atom. The Hall–Kier alpha value is -2.18. The molecule has 0 aliphatic heterocycles. The smallest absolute Gasteiger partial charge is 0.251 e. The van der Waals surface area contributed by atoms with Gasteiger partial charge in [-0.25, -0.2) is 0 Å². The zero-order valence-corrected chi connectivity index (χ0v) is 10.4. The van der Waals surface area contributed by atoms with Gasteiger partial charge in [-0.05, 0) is 11.1 Å². The fourth-order valence-electron chi connectivity index (χ4n) is 1.75. The quantitative estimate of drug-likeness (QED) is 0.712. The second-order valence-electron chi connectivity index (χ2n) is 4.28. The lowest BCUT2D eigenvalue weighted by molar-refractivity contribution is 0.0999. The molecule has 6 heteroatoms. The third kappa shape index (κ3) is 3.18. The minimum Gasteiger partial charge on any atom is -0.386 e. The van der Waals surface area contributed by atoms with Crippen LogP contribution in [0.4, 0.5) is 0 Å². The highest BCUT2D eigenvalue weighted by Crippen LogP contribution is 2.15. The lowest BCUT2D eigenvalue weighted by Crippen LogP contribution is -2.11. The van der Waals surface area contributed by atoms with Gasteiger partial charge in [0.25, 0.3) is 5.91 Å². The molecule has 0 radical (unpaired) electrons. The Bertz CT molecular complexity index is 562. The van der Waals surface area contributed by atoms with Crippen molar-refractivity contribution in [3.05, 3.63) is 53.3 Å². The van der Waals surface area contributed by atoms with Crippen LogP contribution in [0.15, 0.2) is 36.7 Å². The van der Waals surface area contributed by atoms with Crippen molar-refractivity contribution in [3.8, 4) is 0 Å². The number of nitrogens with zero attached hydrogens (tertiary/aromatic N) is 2. The lowest BCUT2D eigenvalue weighted by Gasteiger charge is -2.11.